The predicted octanol–water partition coefficient (Wildman–Crippen LogP) is 4.97. The Kier molecular flexibility index (Phi) is 4.67. The molecule has 0 aliphatic heterocycles. The average Bonchev–Trinajstić information content (AvgIpc) is 2.88. The maximum Gasteiger partial charge on any atom is 0.134 e. The molecule has 1 heterocycles. The number of aryl methyl sites for hydroxylation is 1. The van der Waals surface area contributed by atoms with Gasteiger partial charge in [-0.1, -0.05) is 24.6 Å². The van der Waals surface area contributed by atoms with E-state index in [-0.39, 0.29) is 6.04 Å². The van der Waals surface area contributed by atoms with Crippen LogP contribution in [0.25, 0.3) is 11.3 Å². The second-order valence-corrected chi connectivity index (χ2v) is 5.27. The van der Waals surface area contributed by atoms with E-state index in [0.29, 0.717) is 0 Å². The van der Waals surface area contributed by atoms with Crippen LogP contribution in [0.2, 0.25) is 5.02 Å². The van der Waals surface area contributed by atoms with Crippen molar-refractivity contribution in [1.82, 2.24) is 5.32 Å². The maximum atomic E-state index is 6.05. The van der Waals surface area contributed by atoms with Crippen LogP contribution in [-0.2, 0) is 0 Å². The fraction of sp³-hybridized carbons (Fsp3) is 0.375. The Morgan fingerprint density at radius 3 is 2.79 bits per heavy atom. The molecule has 2 nitrogen and oxygen atoms in total. The minimum absolute atomic E-state index is 0.230. The molecule has 1 N–H and O–H groups in total. The molecule has 0 fully saturated rings. The van der Waals surface area contributed by atoms with E-state index in [2.05, 4.69) is 26.1 Å². The summed E-state index contributed by atoms with van der Waals surface area (Å²) in [5, 5.41) is 4.15. The average molecular weight is 278 g/mol. The molecule has 0 amide bonds. The lowest BCUT2D eigenvalue weighted by Crippen LogP contribution is -2.18. The number of hydrogen-bond donors (Lipinski definition) is 1. The standard InChI is InChI=1S/C16H20ClNO/c1-4-9-18-12(3)15-7-8-16(19-15)14-10-13(17)6-5-11(14)2/h5-8,10,12,18H,4,9H2,1-3H3. The van der Waals surface area contributed by atoms with E-state index in [1.54, 1.807) is 0 Å². The summed E-state index contributed by atoms with van der Waals surface area (Å²) in [7, 11) is 0. The van der Waals surface area contributed by atoms with Gasteiger partial charge in [-0.2, -0.15) is 0 Å². The van der Waals surface area contributed by atoms with Gasteiger partial charge in [0.15, 0.2) is 0 Å². The van der Waals surface area contributed by atoms with Crippen LogP contribution in [0.4, 0.5) is 0 Å². The first kappa shape index (κ1) is 14.2. The molecule has 1 atom stereocenters. The highest BCUT2D eigenvalue weighted by Gasteiger charge is 2.12. The zero-order valence-electron chi connectivity index (χ0n) is 11.7. The van der Waals surface area contributed by atoms with Crippen LogP contribution in [0.5, 0.6) is 0 Å². The molecule has 0 spiro atoms. The van der Waals surface area contributed by atoms with Crippen molar-refractivity contribution in [3.05, 3.63) is 46.7 Å². The van der Waals surface area contributed by atoms with Crippen molar-refractivity contribution in [3.63, 3.8) is 0 Å². The molecule has 0 aliphatic rings. The summed E-state index contributed by atoms with van der Waals surface area (Å²) >= 11 is 6.05. The van der Waals surface area contributed by atoms with Gasteiger partial charge in [0.05, 0.1) is 6.04 Å². The van der Waals surface area contributed by atoms with E-state index >= 15 is 0 Å². The van der Waals surface area contributed by atoms with E-state index in [1.165, 1.54) is 5.56 Å². The molecule has 1 unspecified atom stereocenters. The summed E-state index contributed by atoms with van der Waals surface area (Å²) in [6.07, 6.45) is 1.12. The van der Waals surface area contributed by atoms with Gasteiger partial charge in [0.1, 0.15) is 11.5 Å². The molecule has 0 bridgehead atoms. The molecule has 102 valence electrons. The second kappa shape index (κ2) is 6.27. The van der Waals surface area contributed by atoms with E-state index in [4.69, 9.17) is 16.0 Å². The normalized spacial score (nSPS) is 12.6. The van der Waals surface area contributed by atoms with Gasteiger partial charge in [-0.15, -0.1) is 0 Å². The molecular weight excluding hydrogens is 258 g/mol. The zero-order chi connectivity index (χ0) is 13.8. The number of benzene rings is 1. The molecule has 2 aromatic rings. The minimum atomic E-state index is 0.230. The van der Waals surface area contributed by atoms with E-state index in [0.717, 1.165) is 35.1 Å². The molecule has 0 aliphatic carbocycles. The Bertz CT molecular complexity index is 547. The Balaban J connectivity index is 2.23. The molecular formula is C16H20ClNO. The van der Waals surface area contributed by atoms with Crippen LogP contribution >= 0.6 is 11.6 Å². The van der Waals surface area contributed by atoms with Gasteiger partial charge >= 0.3 is 0 Å². The zero-order valence-corrected chi connectivity index (χ0v) is 12.4. The highest BCUT2D eigenvalue weighted by molar-refractivity contribution is 6.30. The van der Waals surface area contributed by atoms with Crippen molar-refractivity contribution in [2.24, 2.45) is 0 Å². The second-order valence-electron chi connectivity index (χ2n) is 4.84. The molecule has 0 radical (unpaired) electrons. The summed E-state index contributed by atoms with van der Waals surface area (Å²) in [5.41, 5.74) is 2.22. The van der Waals surface area contributed by atoms with Crippen molar-refractivity contribution in [3.8, 4) is 11.3 Å². The Hall–Kier alpha value is -1.25. The van der Waals surface area contributed by atoms with Crippen LogP contribution < -0.4 is 5.32 Å². The number of hydrogen-bond acceptors (Lipinski definition) is 2. The highest BCUT2D eigenvalue weighted by Crippen LogP contribution is 2.29. The van der Waals surface area contributed by atoms with Gasteiger partial charge in [0.2, 0.25) is 0 Å². The lowest BCUT2D eigenvalue weighted by molar-refractivity contribution is 0.438. The lowest BCUT2D eigenvalue weighted by Gasteiger charge is -2.10. The smallest absolute Gasteiger partial charge is 0.134 e. The SMILES string of the molecule is CCCNC(C)c1ccc(-c2cc(Cl)ccc2C)o1. The topological polar surface area (TPSA) is 25.2 Å². The number of nitrogens with one attached hydrogen (secondary N) is 1. The quantitative estimate of drug-likeness (QED) is 0.835. The third-order valence-corrected chi connectivity index (χ3v) is 3.45. The van der Waals surface area contributed by atoms with Gasteiger partial charge in [0, 0.05) is 10.6 Å². The number of furan rings is 1. The van der Waals surface area contributed by atoms with E-state index in [1.807, 2.05) is 30.3 Å². The predicted molar refractivity (Wildman–Crippen MR) is 80.6 cm³/mol. The Morgan fingerprint density at radius 1 is 1.26 bits per heavy atom. The Morgan fingerprint density at radius 2 is 2.05 bits per heavy atom. The van der Waals surface area contributed by atoms with Crippen molar-refractivity contribution >= 4 is 11.6 Å². The summed E-state index contributed by atoms with van der Waals surface area (Å²) in [6.45, 7) is 7.33. The third kappa shape index (κ3) is 3.40. The molecule has 19 heavy (non-hydrogen) atoms. The molecule has 0 saturated heterocycles. The molecule has 0 saturated carbocycles. The van der Waals surface area contributed by atoms with Crippen molar-refractivity contribution in [2.75, 3.05) is 6.54 Å². The third-order valence-electron chi connectivity index (χ3n) is 3.22. The van der Waals surface area contributed by atoms with Crippen molar-refractivity contribution < 1.29 is 4.42 Å². The first-order chi connectivity index (χ1) is 9.11. The largest absolute Gasteiger partial charge is 0.459 e. The van der Waals surface area contributed by atoms with Gasteiger partial charge in [0.25, 0.3) is 0 Å². The van der Waals surface area contributed by atoms with Crippen LogP contribution in [0, 0.1) is 6.92 Å². The van der Waals surface area contributed by atoms with E-state index in [9.17, 15) is 0 Å². The minimum Gasteiger partial charge on any atom is -0.459 e. The van der Waals surface area contributed by atoms with Gasteiger partial charge in [-0.05, 0) is 56.6 Å². The maximum absolute atomic E-state index is 6.05. The van der Waals surface area contributed by atoms with E-state index < -0.39 is 0 Å². The first-order valence-electron chi connectivity index (χ1n) is 6.71. The number of rotatable bonds is 5. The van der Waals surface area contributed by atoms with Crippen molar-refractivity contribution in [2.45, 2.75) is 33.2 Å². The monoisotopic (exact) mass is 277 g/mol. The highest BCUT2D eigenvalue weighted by atomic mass is 35.5. The fourth-order valence-electron chi connectivity index (χ4n) is 2.05. The van der Waals surface area contributed by atoms with Gasteiger partial charge in [-0.3, -0.25) is 0 Å². The molecule has 1 aromatic carbocycles. The Labute approximate surface area is 119 Å². The summed E-state index contributed by atoms with van der Waals surface area (Å²) in [4.78, 5) is 0. The van der Waals surface area contributed by atoms with Crippen LogP contribution in [0.1, 0.15) is 37.6 Å². The van der Waals surface area contributed by atoms with Gasteiger partial charge < -0.3 is 9.73 Å². The van der Waals surface area contributed by atoms with Crippen LogP contribution in [0.3, 0.4) is 0 Å². The number of halogens is 1. The first-order valence-corrected chi connectivity index (χ1v) is 7.09. The summed E-state index contributed by atoms with van der Waals surface area (Å²) in [5.74, 6) is 1.84. The summed E-state index contributed by atoms with van der Waals surface area (Å²) in [6, 6.07) is 10.1. The lowest BCUT2D eigenvalue weighted by atomic mass is 10.1. The molecule has 1 aromatic heterocycles. The summed E-state index contributed by atoms with van der Waals surface area (Å²) < 4.78 is 5.94. The van der Waals surface area contributed by atoms with Crippen LogP contribution in [-0.4, -0.2) is 6.54 Å². The molecule has 2 rings (SSSR count). The van der Waals surface area contributed by atoms with Gasteiger partial charge in [-0.25, -0.2) is 0 Å². The fourth-order valence-corrected chi connectivity index (χ4v) is 2.22. The molecule has 3 heteroatoms. The van der Waals surface area contributed by atoms with Crippen LogP contribution in [0.15, 0.2) is 34.7 Å². The van der Waals surface area contributed by atoms with Crippen molar-refractivity contribution in [1.29, 1.82) is 0 Å².